The molecule has 148 valence electrons. The van der Waals surface area contributed by atoms with Crippen LogP contribution in [0.25, 0.3) is 11.3 Å². The molecule has 0 aliphatic rings. The monoisotopic (exact) mass is 411 g/mol. The number of aryl methyl sites for hydroxylation is 2. The van der Waals surface area contributed by atoms with Crippen LogP contribution in [0.2, 0.25) is 0 Å². The van der Waals surface area contributed by atoms with Gasteiger partial charge in [-0.05, 0) is 26.0 Å². The second-order valence-corrected chi connectivity index (χ2v) is 7.14. The van der Waals surface area contributed by atoms with Crippen molar-refractivity contribution in [3.63, 3.8) is 0 Å². The molecular weight excluding hydrogens is 394 g/mol. The predicted octanol–water partition coefficient (Wildman–Crippen LogP) is 4.13. The first-order chi connectivity index (χ1) is 13.8. The van der Waals surface area contributed by atoms with E-state index in [9.17, 15) is 19.7 Å². The number of esters is 1. The summed E-state index contributed by atoms with van der Waals surface area (Å²) in [5.41, 5.74) is 3.20. The zero-order chi connectivity index (χ0) is 21.0. The minimum atomic E-state index is -0.738. The van der Waals surface area contributed by atoms with Crippen LogP contribution in [0.4, 0.5) is 10.8 Å². The van der Waals surface area contributed by atoms with Crippen LogP contribution >= 0.6 is 11.3 Å². The number of hydrogen-bond donors (Lipinski definition) is 1. The molecule has 0 spiro atoms. The molecule has 1 N–H and O–H groups in total. The van der Waals surface area contributed by atoms with Crippen LogP contribution in [0.5, 0.6) is 0 Å². The smallest absolute Gasteiger partial charge is 0.338 e. The number of nitrogens with one attached hydrogen (secondary N) is 1. The fraction of sp³-hybridized carbons (Fsp3) is 0.150. The molecule has 9 heteroatoms. The number of nitrogens with zero attached hydrogens (tertiary/aromatic N) is 2. The van der Waals surface area contributed by atoms with E-state index in [1.807, 2.05) is 36.6 Å². The van der Waals surface area contributed by atoms with Gasteiger partial charge in [0.2, 0.25) is 0 Å². The molecular formula is C20H17N3O5S. The number of thiazole rings is 1. The van der Waals surface area contributed by atoms with Crippen LogP contribution < -0.4 is 5.32 Å². The Morgan fingerprint density at radius 1 is 1.17 bits per heavy atom. The van der Waals surface area contributed by atoms with Gasteiger partial charge in [0.15, 0.2) is 11.7 Å². The van der Waals surface area contributed by atoms with Gasteiger partial charge in [0.05, 0.1) is 16.2 Å². The summed E-state index contributed by atoms with van der Waals surface area (Å²) in [5.74, 6) is -1.26. The highest BCUT2D eigenvalue weighted by atomic mass is 32.1. The number of anilines is 1. The number of ether oxygens (including phenoxy) is 1. The Morgan fingerprint density at radius 3 is 2.55 bits per heavy atom. The van der Waals surface area contributed by atoms with E-state index in [0.29, 0.717) is 10.7 Å². The van der Waals surface area contributed by atoms with Crippen LogP contribution in [0.1, 0.15) is 21.5 Å². The summed E-state index contributed by atoms with van der Waals surface area (Å²) < 4.78 is 4.98. The number of benzene rings is 2. The van der Waals surface area contributed by atoms with Crippen molar-refractivity contribution in [2.75, 3.05) is 11.9 Å². The van der Waals surface area contributed by atoms with Crippen molar-refractivity contribution in [1.82, 2.24) is 4.98 Å². The van der Waals surface area contributed by atoms with E-state index < -0.39 is 23.4 Å². The molecule has 29 heavy (non-hydrogen) atoms. The summed E-state index contributed by atoms with van der Waals surface area (Å²) in [5, 5.41) is 15.6. The Balaban J connectivity index is 1.56. The van der Waals surface area contributed by atoms with Gasteiger partial charge in [-0.3, -0.25) is 20.2 Å². The normalized spacial score (nSPS) is 10.4. The highest BCUT2D eigenvalue weighted by molar-refractivity contribution is 7.14. The largest absolute Gasteiger partial charge is 0.452 e. The average molecular weight is 411 g/mol. The lowest BCUT2D eigenvalue weighted by Crippen LogP contribution is -2.20. The molecule has 0 radical (unpaired) electrons. The molecule has 0 unspecified atom stereocenters. The SMILES string of the molecule is Cc1ccc(-c2csc(NC(=O)COC(=O)c3ccc([N+](=O)[O-])c(C)c3)n2)cc1. The molecule has 1 amide bonds. The molecule has 2 aromatic carbocycles. The van der Waals surface area contributed by atoms with E-state index in [0.717, 1.165) is 16.8 Å². The lowest BCUT2D eigenvalue weighted by molar-refractivity contribution is -0.385. The summed E-state index contributed by atoms with van der Waals surface area (Å²) in [6.07, 6.45) is 0. The average Bonchev–Trinajstić information content (AvgIpc) is 3.14. The third-order valence-electron chi connectivity index (χ3n) is 4.06. The van der Waals surface area contributed by atoms with E-state index in [-0.39, 0.29) is 11.3 Å². The predicted molar refractivity (Wildman–Crippen MR) is 109 cm³/mol. The van der Waals surface area contributed by atoms with Crippen LogP contribution in [0.3, 0.4) is 0 Å². The van der Waals surface area contributed by atoms with Crippen molar-refractivity contribution >= 4 is 34.0 Å². The Hall–Kier alpha value is -3.59. The van der Waals surface area contributed by atoms with Crippen molar-refractivity contribution < 1.29 is 19.2 Å². The van der Waals surface area contributed by atoms with Crippen LogP contribution in [-0.4, -0.2) is 28.4 Å². The highest BCUT2D eigenvalue weighted by Crippen LogP contribution is 2.25. The Bertz CT molecular complexity index is 1080. The standard InChI is InChI=1S/C20H17N3O5S/c1-12-3-5-14(6-4-12)16-11-29-20(21-16)22-18(24)10-28-19(25)15-7-8-17(23(26)27)13(2)9-15/h3-9,11H,10H2,1-2H3,(H,21,22,24). The van der Waals surface area contributed by atoms with E-state index in [1.165, 1.54) is 36.5 Å². The molecule has 0 saturated carbocycles. The second kappa shape index (κ2) is 8.61. The van der Waals surface area contributed by atoms with Gasteiger partial charge in [0, 0.05) is 22.6 Å². The van der Waals surface area contributed by atoms with Gasteiger partial charge in [0.1, 0.15) is 0 Å². The first-order valence-electron chi connectivity index (χ1n) is 8.58. The van der Waals surface area contributed by atoms with Gasteiger partial charge < -0.3 is 4.74 Å². The van der Waals surface area contributed by atoms with Crippen LogP contribution in [0.15, 0.2) is 47.8 Å². The highest BCUT2D eigenvalue weighted by Gasteiger charge is 2.16. The first kappa shape index (κ1) is 20.2. The fourth-order valence-electron chi connectivity index (χ4n) is 2.55. The van der Waals surface area contributed by atoms with Gasteiger partial charge in [-0.25, -0.2) is 9.78 Å². The van der Waals surface area contributed by atoms with Gasteiger partial charge >= 0.3 is 5.97 Å². The number of nitro benzene ring substituents is 1. The number of aromatic nitrogens is 1. The van der Waals surface area contributed by atoms with Crippen molar-refractivity contribution in [1.29, 1.82) is 0 Å². The number of amides is 1. The van der Waals surface area contributed by atoms with Gasteiger partial charge in [-0.15, -0.1) is 11.3 Å². The molecule has 0 atom stereocenters. The number of carbonyl (C=O) groups excluding carboxylic acids is 2. The fourth-order valence-corrected chi connectivity index (χ4v) is 3.28. The van der Waals surface area contributed by atoms with Crippen LogP contribution in [-0.2, 0) is 9.53 Å². The number of rotatable bonds is 6. The number of nitro groups is 1. The molecule has 0 fully saturated rings. The Labute approximate surface area is 170 Å². The lowest BCUT2D eigenvalue weighted by atomic mass is 10.1. The van der Waals surface area contributed by atoms with Crippen molar-refractivity contribution in [2.45, 2.75) is 13.8 Å². The Morgan fingerprint density at radius 2 is 1.90 bits per heavy atom. The number of carbonyl (C=O) groups is 2. The zero-order valence-electron chi connectivity index (χ0n) is 15.7. The maximum Gasteiger partial charge on any atom is 0.338 e. The summed E-state index contributed by atoms with van der Waals surface area (Å²) in [7, 11) is 0. The third kappa shape index (κ3) is 5.02. The second-order valence-electron chi connectivity index (χ2n) is 6.29. The quantitative estimate of drug-likeness (QED) is 0.371. The topological polar surface area (TPSA) is 111 Å². The van der Waals surface area contributed by atoms with E-state index >= 15 is 0 Å². The van der Waals surface area contributed by atoms with Crippen molar-refractivity contribution in [2.24, 2.45) is 0 Å². The molecule has 0 bridgehead atoms. The third-order valence-corrected chi connectivity index (χ3v) is 4.82. The molecule has 3 aromatic rings. The maximum atomic E-state index is 12.1. The minimum Gasteiger partial charge on any atom is -0.452 e. The molecule has 0 aliphatic carbocycles. The number of hydrogen-bond acceptors (Lipinski definition) is 7. The Kier molecular flexibility index (Phi) is 5.99. The van der Waals surface area contributed by atoms with Crippen molar-refractivity contribution in [3.8, 4) is 11.3 Å². The van der Waals surface area contributed by atoms with Gasteiger partial charge in [-0.1, -0.05) is 29.8 Å². The summed E-state index contributed by atoms with van der Waals surface area (Å²) in [6.45, 7) is 3.03. The molecule has 0 saturated heterocycles. The molecule has 0 aliphatic heterocycles. The van der Waals surface area contributed by atoms with Gasteiger partial charge in [-0.2, -0.15) is 0 Å². The van der Waals surface area contributed by atoms with E-state index in [1.54, 1.807) is 0 Å². The minimum absolute atomic E-state index is 0.0903. The molecule has 1 aromatic heterocycles. The summed E-state index contributed by atoms with van der Waals surface area (Å²) in [6, 6.07) is 11.7. The summed E-state index contributed by atoms with van der Waals surface area (Å²) >= 11 is 1.27. The maximum absolute atomic E-state index is 12.1. The zero-order valence-corrected chi connectivity index (χ0v) is 16.5. The van der Waals surface area contributed by atoms with Crippen LogP contribution in [0, 0.1) is 24.0 Å². The lowest BCUT2D eigenvalue weighted by Gasteiger charge is -2.05. The molecule has 3 rings (SSSR count). The van der Waals surface area contributed by atoms with E-state index in [4.69, 9.17) is 4.74 Å². The summed E-state index contributed by atoms with van der Waals surface area (Å²) in [4.78, 5) is 38.8. The van der Waals surface area contributed by atoms with Gasteiger partial charge in [0.25, 0.3) is 11.6 Å². The van der Waals surface area contributed by atoms with Crippen molar-refractivity contribution in [3.05, 3.63) is 74.6 Å². The molecule has 8 nitrogen and oxygen atoms in total. The van der Waals surface area contributed by atoms with E-state index in [2.05, 4.69) is 10.3 Å². The first-order valence-corrected chi connectivity index (χ1v) is 9.46. The molecule has 1 heterocycles.